The lowest BCUT2D eigenvalue weighted by molar-refractivity contribution is -0.00702. The summed E-state index contributed by atoms with van der Waals surface area (Å²) in [5, 5.41) is 7.36. The van der Waals surface area contributed by atoms with Crippen LogP contribution in [0.2, 0.25) is 0 Å². The van der Waals surface area contributed by atoms with Crippen LogP contribution in [0, 0.1) is 0 Å². The van der Waals surface area contributed by atoms with Gasteiger partial charge in [0.2, 0.25) is 0 Å². The number of nitrogens with zero attached hydrogens (tertiary/aromatic N) is 2. The average molecular weight is 275 g/mol. The second-order valence-corrected chi connectivity index (χ2v) is 6.43. The number of H-pyrrole nitrogens is 1. The lowest BCUT2D eigenvalue weighted by Gasteiger charge is -2.26. The molecule has 0 unspecified atom stereocenters. The summed E-state index contributed by atoms with van der Waals surface area (Å²) in [5.74, 6) is 0.133. The zero-order chi connectivity index (χ0) is 13.9. The van der Waals surface area contributed by atoms with Crippen molar-refractivity contribution in [2.24, 2.45) is 0 Å². The molecule has 5 heteroatoms. The molecule has 2 saturated carbocycles. The van der Waals surface area contributed by atoms with Gasteiger partial charge in [0, 0.05) is 24.1 Å². The Morgan fingerprint density at radius 2 is 1.90 bits per heavy atom. The van der Waals surface area contributed by atoms with E-state index in [0.717, 1.165) is 43.4 Å². The Bertz CT molecular complexity index is 533. The molecular weight excluding hydrogens is 254 g/mol. The fourth-order valence-corrected chi connectivity index (χ4v) is 3.31. The zero-order valence-electron chi connectivity index (χ0n) is 12.1. The molecule has 2 atom stereocenters. The lowest BCUT2D eigenvalue weighted by Crippen LogP contribution is -2.36. The highest BCUT2D eigenvalue weighted by Crippen LogP contribution is 2.39. The van der Waals surface area contributed by atoms with E-state index in [1.54, 1.807) is 0 Å². The molecule has 1 N–H and O–H groups in total. The van der Waals surface area contributed by atoms with E-state index in [1.165, 1.54) is 0 Å². The second-order valence-electron chi connectivity index (χ2n) is 6.43. The van der Waals surface area contributed by atoms with E-state index in [0.29, 0.717) is 17.8 Å². The van der Waals surface area contributed by atoms with Gasteiger partial charge in [-0.1, -0.05) is 0 Å². The van der Waals surface area contributed by atoms with Crippen molar-refractivity contribution in [2.45, 2.75) is 70.2 Å². The SMILES string of the molecule is C[C@@H]1Cc2c(C(=O)N(C3CC3)C3CC3)n[nH]c2[C@H](C)O1. The predicted molar refractivity (Wildman–Crippen MR) is 73.5 cm³/mol. The largest absolute Gasteiger partial charge is 0.369 e. The standard InChI is InChI=1S/C15H21N3O2/c1-8-7-12-13(9(2)20-8)16-17-14(12)15(19)18(10-3-4-10)11-5-6-11/h8-11H,3-7H2,1-2H3,(H,16,17)/t8-,9+/m1/s1. The molecule has 20 heavy (non-hydrogen) atoms. The highest BCUT2D eigenvalue weighted by Gasteiger charge is 2.44. The summed E-state index contributed by atoms with van der Waals surface area (Å²) >= 11 is 0. The minimum absolute atomic E-state index is 0.00176. The Balaban J connectivity index is 1.66. The Morgan fingerprint density at radius 3 is 2.50 bits per heavy atom. The van der Waals surface area contributed by atoms with Crippen LogP contribution in [0.25, 0.3) is 0 Å². The molecule has 108 valence electrons. The van der Waals surface area contributed by atoms with Crippen LogP contribution in [0.4, 0.5) is 0 Å². The zero-order valence-corrected chi connectivity index (χ0v) is 12.1. The van der Waals surface area contributed by atoms with Gasteiger partial charge in [0.05, 0.1) is 17.9 Å². The lowest BCUT2D eigenvalue weighted by atomic mass is 9.99. The number of rotatable bonds is 3. The van der Waals surface area contributed by atoms with Gasteiger partial charge in [-0.3, -0.25) is 9.89 Å². The fraction of sp³-hybridized carbons (Fsp3) is 0.733. The summed E-state index contributed by atoms with van der Waals surface area (Å²) in [5.41, 5.74) is 2.70. The third-order valence-electron chi connectivity index (χ3n) is 4.55. The van der Waals surface area contributed by atoms with Crippen LogP contribution in [-0.4, -0.2) is 39.2 Å². The van der Waals surface area contributed by atoms with Gasteiger partial charge in [-0.15, -0.1) is 0 Å². The van der Waals surface area contributed by atoms with Crippen LogP contribution < -0.4 is 0 Å². The highest BCUT2D eigenvalue weighted by molar-refractivity contribution is 5.95. The van der Waals surface area contributed by atoms with Crippen molar-refractivity contribution in [3.63, 3.8) is 0 Å². The highest BCUT2D eigenvalue weighted by atomic mass is 16.5. The minimum Gasteiger partial charge on any atom is -0.369 e. The molecule has 4 rings (SSSR count). The third kappa shape index (κ3) is 1.95. The van der Waals surface area contributed by atoms with Gasteiger partial charge in [0.15, 0.2) is 5.69 Å². The van der Waals surface area contributed by atoms with E-state index in [1.807, 2.05) is 6.92 Å². The number of fused-ring (bicyclic) bond motifs is 1. The van der Waals surface area contributed by atoms with Gasteiger partial charge in [0.25, 0.3) is 5.91 Å². The van der Waals surface area contributed by atoms with Gasteiger partial charge < -0.3 is 9.64 Å². The van der Waals surface area contributed by atoms with Crippen LogP contribution in [0.15, 0.2) is 0 Å². The first-order chi connectivity index (χ1) is 9.65. The van der Waals surface area contributed by atoms with Gasteiger partial charge >= 0.3 is 0 Å². The molecule has 3 aliphatic rings. The molecule has 1 aromatic heterocycles. The molecule has 2 fully saturated rings. The number of carbonyl (C=O) groups excluding carboxylic acids is 1. The van der Waals surface area contributed by atoms with Gasteiger partial charge in [0.1, 0.15) is 0 Å². The molecule has 0 aromatic carbocycles. The predicted octanol–water partition coefficient (Wildman–Crippen LogP) is 2.20. The maximum Gasteiger partial charge on any atom is 0.275 e. The molecule has 2 heterocycles. The van der Waals surface area contributed by atoms with Crippen molar-refractivity contribution in [3.05, 3.63) is 17.0 Å². The number of nitrogens with one attached hydrogen (secondary N) is 1. The van der Waals surface area contributed by atoms with Crippen molar-refractivity contribution >= 4 is 5.91 Å². The summed E-state index contributed by atoms with van der Waals surface area (Å²) in [6, 6.07) is 0.939. The van der Waals surface area contributed by atoms with Gasteiger partial charge in [-0.25, -0.2) is 0 Å². The van der Waals surface area contributed by atoms with Crippen LogP contribution in [0.3, 0.4) is 0 Å². The van der Waals surface area contributed by atoms with E-state index in [2.05, 4.69) is 22.0 Å². The first-order valence-corrected chi connectivity index (χ1v) is 7.70. The van der Waals surface area contributed by atoms with Crippen molar-refractivity contribution in [1.82, 2.24) is 15.1 Å². The molecule has 5 nitrogen and oxygen atoms in total. The normalized spacial score (nSPS) is 29.1. The second kappa shape index (κ2) is 4.32. The monoisotopic (exact) mass is 275 g/mol. The summed E-state index contributed by atoms with van der Waals surface area (Å²) in [6.45, 7) is 4.07. The Hall–Kier alpha value is -1.36. The minimum atomic E-state index is -0.00176. The van der Waals surface area contributed by atoms with Crippen LogP contribution in [0.5, 0.6) is 0 Å². The fourth-order valence-electron chi connectivity index (χ4n) is 3.31. The molecule has 0 saturated heterocycles. The summed E-state index contributed by atoms with van der Waals surface area (Å²) < 4.78 is 5.79. The molecule has 1 aromatic rings. The molecule has 0 radical (unpaired) electrons. The Morgan fingerprint density at radius 1 is 1.25 bits per heavy atom. The number of hydrogen-bond donors (Lipinski definition) is 1. The number of carbonyl (C=O) groups is 1. The van der Waals surface area contributed by atoms with Gasteiger partial charge in [-0.05, 0) is 39.5 Å². The quantitative estimate of drug-likeness (QED) is 0.920. The Kier molecular flexibility index (Phi) is 2.67. The molecule has 0 spiro atoms. The van der Waals surface area contributed by atoms with Crippen molar-refractivity contribution < 1.29 is 9.53 Å². The van der Waals surface area contributed by atoms with Crippen molar-refractivity contribution in [2.75, 3.05) is 0 Å². The molecule has 1 amide bonds. The van der Waals surface area contributed by atoms with E-state index >= 15 is 0 Å². The number of aromatic amines is 1. The number of amides is 1. The van der Waals surface area contributed by atoms with Crippen LogP contribution >= 0.6 is 0 Å². The first-order valence-electron chi connectivity index (χ1n) is 7.70. The van der Waals surface area contributed by atoms with Crippen molar-refractivity contribution in [1.29, 1.82) is 0 Å². The first kappa shape index (κ1) is 12.4. The molecule has 0 bridgehead atoms. The van der Waals surface area contributed by atoms with E-state index in [9.17, 15) is 4.79 Å². The summed E-state index contributed by atoms with van der Waals surface area (Å²) in [4.78, 5) is 15.0. The van der Waals surface area contributed by atoms with E-state index in [4.69, 9.17) is 4.74 Å². The number of hydrogen-bond acceptors (Lipinski definition) is 3. The van der Waals surface area contributed by atoms with E-state index < -0.39 is 0 Å². The summed E-state index contributed by atoms with van der Waals surface area (Å²) in [7, 11) is 0. The smallest absolute Gasteiger partial charge is 0.275 e. The third-order valence-corrected chi connectivity index (χ3v) is 4.55. The topological polar surface area (TPSA) is 58.2 Å². The van der Waals surface area contributed by atoms with Gasteiger partial charge in [-0.2, -0.15) is 5.10 Å². The number of ether oxygens (including phenoxy) is 1. The maximum atomic E-state index is 12.9. The number of aromatic nitrogens is 2. The van der Waals surface area contributed by atoms with E-state index in [-0.39, 0.29) is 18.1 Å². The van der Waals surface area contributed by atoms with Crippen LogP contribution in [-0.2, 0) is 11.2 Å². The Labute approximate surface area is 118 Å². The molecular formula is C15H21N3O2. The maximum absolute atomic E-state index is 12.9. The summed E-state index contributed by atoms with van der Waals surface area (Å²) in [6.07, 6.45) is 5.56. The molecule has 2 aliphatic carbocycles. The van der Waals surface area contributed by atoms with Crippen molar-refractivity contribution in [3.8, 4) is 0 Å². The molecule has 1 aliphatic heterocycles. The van der Waals surface area contributed by atoms with Crippen LogP contribution in [0.1, 0.15) is 67.4 Å². The average Bonchev–Trinajstić information content (AvgIpc) is 3.31.